The summed E-state index contributed by atoms with van der Waals surface area (Å²) in [7, 11) is 1.67. The molecule has 0 aliphatic heterocycles. The molecule has 0 heterocycles. The molecule has 0 bridgehead atoms. The summed E-state index contributed by atoms with van der Waals surface area (Å²) in [5, 5.41) is 14.4. The van der Waals surface area contributed by atoms with Crippen molar-refractivity contribution in [1.29, 1.82) is 0 Å². The van der Waals surface area contributed by atoms with Crippen LogP contribution in [0.25, 0.3) is 0 Å². The molecule has 1 fully saturated rings. The van der Waals surface area contributed by atoms with Crippen LogP contribution in [0.4, 0.5) is 5.69 Å². The van der Waals surface area contributed by atoms with E-state index >= 15 is 0 Å². The van der Waals surface area contributed by atoms with E-state index in [-0.39, 0.29) is 11.3 Å². The van der Waals surface area contributed by atoms with Crippen LogP contribution >= 0.6 is 11.6 Å². The van der Waals surface area contributed by atoms with Crippen molar-refractivity contribution in [3.8, 4) is 5.75 Å². The molecule has 0 saturated heterocycles. The van der Waals surface area contributed by atoms with Gasteiger partial charge in [-0.3, -0.25) is 0 Å². The third kappa shape index (κ3) is 3.67. The number of hydrogen-bond acceptors (Lipinski definition) is 3. The van der Waals surface area contributed by atoms with Crippen molar-refractivity contribution >= 4 is 23.3 Å². The van der Waals surface area contributed by atoms with E-state index in [1.54, 1.807) is 7.11 Å². The van der Waals surface area contributed by atoms with Crippen LogP contribution in [0.2, 0.25) is 5.02 Å². The standard InChI is InChI=1S/C28H28ClNO3/c1-33-21-11-12-25(29)22(18-21)24-17-19-7-5-6-10-23(19)27(24)13-15-28(16-14-27,26(31)32)30-20-8-3-2-4-9-20/h2-12,18,24,30H,13-17H2,1H3,(H,31,32). The van der Waals surface area contributed by atoms with Gasteiger partial charge in [-0.1, -0.05) is 54.1 Å². The van der Waals surface area contributed by atoms with Crippen molar-refractivity contribution in [3.05, 3.63) is 94.5 Å². The number of fused-ring (bicyclic) bond motifs is 2. The van der Waals surface area contributed by atoms with Gasteiger partial charge in [0.25, 0.3) is 0 Å². The van der Waals surface area contributed by atoms with E-state index in [0.717, 1.165) is 41.3 Å². The third-order valence-electron chi connectivity index (χ3n) is 7.79. The molecule has 2 N–H and O–H groups in total. The molecule has 170 valence electrons. The van der Waals surface area contributed by atoms with Crippen molar-refractivity contribution in [2.45, 2.75) is 49.0 Å². The molecule has 1 unspecified atom stereocenters. The van der Waals surface area contributed by atoms with Gasteiger partial charge in [0.15, 0.2) is 0 Å². The van der Waals surface area contributed by atoms with Gasteiger partial charge in [0.05, 0.1) is 7.11 Å². The van der Waals surface area contributed by atoms with Gasteiger partial charge in [-0.05, 0) is 85.0 Å². The van der Waals surface area contributed by atoms with Gasteiger partial charge < -0.3 is 15.2 Å². The summed E-state index contributed by atoms with van der Waals surface area (Å²) >= 11 is 6.73. The number of carbonyl (C=O) groups is 1. The normalized spacial score (nSPS) is 26.1. The predicted octanol–water partition coefficient (Wildman–Crippen LogP) is 6.44. The first-order valence-corrected chi connectivity index (χ1v) is 11.8. The molecule has 0 aromatic heterocycles. The molecule has 3 aromatic rings. The van der Waals surface area contributed by atoms with E-state index in [0.29, 0.717) is 12.8 Å². The third-order valence-corrected chi connectivity index (χ3v) is 8.13. The highest BCUT2D eigenvalue weighted by Crippen LogP contribution is 2.59. The number of aliphatic carboxylic acids is 1. The molecule has 1 atom stereocenters. The van der Waals surface area contributed by atoms with Crippen LogP contribution in [0.15, 0.2) is 72.8 Å². The zero-order valence-electron chi connectivity index (χ0n) is 18.7. The maximum atomic E-state index is 12.5. The van der Waals surface area contributed by atoms with Crippen LogP contribution in [-0.4, -0.2) is 23.7 Å². The quantitative estimate of drug-likeness (QED) is 0.459. The summed E-state index contributed by atoms with van der Waals surface area (Å²) in [6, 6.07) is 24.1. The highest BCUT2D eigenvalue weighted by Gasteiger charge is 2.54. The van der Waals surface area contributed by atoms with Crippen LogP contribution < -0.4 is 10.1 Å². The second-order valence-corrected chi connectivity index (χ2v) is 9.74. The first-order valence-electron chi connectivity index (χ1n) is 11.5. The first-order chi connectivity index (χ1) is 16.0. The smallest absolute Gasteiger partial charge is 0.329 e. The molecule has 2 aliphatic carbocycles. The summed E-state index contributed by atoms with van der Waals surface area (Å²) in [4.78, 5) is 12.5. The summed E-state index contributed by atoms with van der Waals surface area (Å²) in [6.07, 6.45) is 3.53. The van der Waals surface area contributed by atoms with Gasteiger partial charge in [0.1, 0.15) is 11.3 Å². The largest absolute Gasteiger partial charge is 0.497 e. The van der Waals surface area contributed by atoms with Crippen LogP contribution in [0.3, 0.4) is 0 Å². The maximum Gasteiger partial charge on any atom is 0.329 e. The number of methoxy groups -OCH3 is 1. The van der Waals surface area contributed by atoms with Crippen molar-refractivity contribution in [2.24, 2.45) is 0 Å². The molecule has 2 aliphatic rings. The molecule has 0 amide bonds. The SMILES string of the molecule is COc1ccc(Cl)c(C2Cc3ccccc3C23CCC(Nc2ccccc2)(C(=O)O)CC3)c1. The number of benzene rings is 3. The lowest BCUT2D eigenvalue weighted by Gasteiger charge is -2.47. The molecular weight excluding hydrogens is 434 g/mol. The highest BCUT2D eigenvalue weighted by molar-refractivity contribution is 6.31. The van der Waals surface area contributed by atoms with Crippen LogP contribution in [0, 0.1) is 0 Å². The van der Waals surface area contributed by atoms with E-state index in [1.807, 2.05) is 42.5 Å². The van der Waals surface area contributed by atoms with Gasteiger partial charge in [0.2, 0.25) is 0 Å². The van der Waals surface area contributed by atoms with E-state index in [4.69, 9.17) is 16.3 Å². The number of para-hydroxylation sites is 1. The molecule has 4 nitrogen and oxygen atoms in total. The van der Waals surface area contributed by atoms with Crippen molar-refractivity contribution < 1.29 is 14.6 Å². The average Bonchev–Trinajstić information content (AvgIpc) is 3.15. The lowest BCUT2D eigenvalue weighted by molar-refractivity contribution is -0.144. The lowest BCUT2D eigenvalue weighted by atomic mass is 9.59. The first kappa shape index (κ1) is 21.8. The Kier molecular flexibility index (Phi) is 5.57. The van der Waals surface area contributed by atoms with E-state index in [1.165, 1.54) is 11.1 Å². The van der Waals surface area contributed by atoms with E-state index < -0.39 is 11.5 Å². The zero-order chi connectivity index (χ0) is 23.1. The number of carboxylic acid groups (broad SMARTS) is 1. The minimum Gasteiger partial charge on any atom is -0.497 e. The number of carboxylic acids is 1. The number of anilines is 1. The van der Waals surface area contributed by atoms with E-state index in [2.05, 4.69) is 35.6 Å². The molecule has 0 radical (unpaired) electrons. The number of rotatable bonds is 5. The molecule has 1 spiro atoms. The van der Waals surface area contributed by atoms with Gasteiger partial charge in [0, 0.05) is 16.1 Å². The predicted molar refractivity (Wildman–Crippen MR) is 131 cm³/mol. The highest BCUT2D eigenvalue weighted by atomic mass is 35.5. The molecule has 5 heteroatoms. The van der Waals surface area contributed by atoms with Crippen LogP contribution in [0.1, 0.15) is 48.3 Å². The van der Waals surface area contributed by atoms with E-state index in [9.17, 15) is 9.90 Å². The number of hydrogen-bond donors (Lipinski definition) is 2. The Bertz CT molecular complexity index is 1170. The zero-order valence-corrected chi connectivity index (χ0v) is 19.4. The Morgan fingerprint density at radius 3 is 2.39 bits per heavy atom. The summed E-state index contributed by atoms with van der Waals surface area (Å²) in [5.74, 6) is 0.186. The Hall–Kier alpha value is -2.98. The van der Waals surface area contributed by atoms with Crippen molar-refractivity contribution in [3.63, 3.8) is 0 Å². The number of halogens is 1. The Balaban J connectivity index is 1.54. The fourth-order valence-electron chi connectivity index (χ4n) is 6.04. The topological polar surface area (TPSA) is 58.6 Å². The minimum absolute atomic E-state index is 0.149. The van der Waals surface area contributed by atoms with Crippen LogP contribution in [-0.2, 0) is 16.6 Å². The van der Waals surface area contributed by atoms with Crippen molar-refractivity contribution in [1.82, 2.24) is 0 Å². The summed E-state index contributed by atoms with van der Waals surface area (Å²) < 4.78 is 5.51. The summed E-state index contributed by atoms with van der Waals surface area (Å²) in [6.45, 7) is 0. The molecular formula is C28H28ClNO3. The minimum atomic E-state index is -0.979. The fraction of sp³-hybridized carbons (Fsp3) is 0.321. The molecule has 33 heavy (non-hydrogen) atoms. The summed E-state index contributed by atoms with van der Waals surface area (Å²) in [5.41, 5.74) is 3.48. The fourth-order valence-corrected chi connectivity index (χ4v) is 6.29. The number of nitrogens with one attached hydrogen (secondary N) is 1. The van der Waals surface area contributed by atoms with Crippen LogP contribution in [0.5, 0.6) is 5.75 Å². The van der Waals surface area contributed by atoms with Gasteiger partial charge >= 0.3 is 5.97 Å². The van der Waals surface area contributed by atoms with Gasteiger partial charge in [-0.15, -0.1) is 0 Å². The second kappa shape index (κ2) is 8.42. The molecule has 3 aromatic carbocycles. The average molecular weight is 462 g/mol. The Labute approximate surface area is 199 Å². The van der Waals surface area contributed by atoms with Gasteiger partial charge in [-0.2, -0.15) is 0 Å². The monoisotopic (exact) mass is 461 g/mol. The lowest BCUT2D eigenvalue weighted by Crippen LogP contribution is -2.52. The Morgan fingerprint density at radius 1 is 1.00 bits per heavy atom. The maximum absolute atomic E-state index is 12.5. The molecule has 1 saturated carbocycles. The Morgan fingerprint density at radius 2 is 1.70 bits per heavy atom. The van der Waals surface area contributed by atoms with Crippen molar-refractivity contribution in [2.75, 3.05) is 12.4 Å². The number of ether oxygens (including phenoxy) is 1. The molecule has 5 rings (SSSR count). The van der Waals surface area contributed by atoms with Gasteiger partial charge in [-0.25, -0.2) is 4.79 Å². The second-order valence-electron chi connectivity index (χ2n) is 9.34.